The Labute approximate surface area is 120 Å². The maximum atomic E-state index is 9.54. The molecule has 1 fully saturated rings. The van der Waals surface area contributed by atoms with Gasteiger partial charge in [-0.1, -0.05) is 42.5 Å². The summed E-state index contributed by atoms with van der Waals surface area (Å²) in [5, 5.41) is 13.1. The van der Waals surface area contributed by atoms with Gasteiger partial charge in [-0.2, -0.15) is 5.26 Å². The van der Waals surface area contributed by atoms with Crippen LogP contribution in [-0.4, -0.2) is 6.04 Å². The zero-order valence-corrected chi connectivity index (χ0v) is 11.6. The van der Waals surface area contributed by atoms with E-state index in [0.717, 1.165) is 24.1 Å². The molecule has 0 bridgehead atoms. The number of rotatable bonds is 3. The Morgan fingerprint density at radius 1 is 1.10 bits per heavy atom. The van der Waals surface area contributed by atoms with Gasteiger partial charge < -0.3 is 5.32 Å². The molecule has 2 heteroatoms. The van der Waals surface area contributed by atoms with Crippen molar-refractivity contribution in [3.05, 3.63) is 65.7 Å². The minimum absolute atomic E-state index is 0.303. The average molecular weight is 262 g/mol. The largest absolute Gasteiger partial charge is 0.382 e. The lowest BCUT2D eigenvalue weighted by Gasteiger charge is -2.43. The summed E-state index contributed by atoms with van der Waals surface area (Å²) in [5.74, 6) is 0. The van der Waals surface area contributed by atoms with E-state index < -0.39 is 0 Å². The van der Waals surface area contributed by atoms with Gasteiger partial charge in [0.25, 0.3) is 0 Å². The Kier molecular flexibility index (Phi) is 3.20. The van der Waals surface area contributed by atoms with Gasteiger partial charge in [-0.25, -0.2) is 0 Å². The van der Waals surface area contributed by atoms with Crippen molar-refractivity contribution in [1.82, 2.24) is 0 Å². The number of benzene rings is 2. The first-order chi connectivity index (χ1) is 9.72. The zero-order chi connectivity index (χ0) is 14.0. The van der Waals surface area contributed by atoms with Crippen molar-refractivity contribution in [2.75, 3.05) is 5.32 Å². The van der Waals surface area contributed by atoms with Crippen LogP contribution >= 0.6 is 0 Å². The van der Waals surface area contributed by atoms with Gasteiger partial charge in [0.05, 0.1) is 11.5 Å². The summed E-state index contributed by atoms with van der Waals surface area (Å²) in [4.78, 5) is 0. The lowest BCUT2D eigenvalue weighted by molar-refractivity contribution is 0.289. The van der Waals surface area contributed by atoms with Crippen LogP contribution in [0.15, 0.2) is 54.6 Å². The number of hydrogen-bond donors (Lipinski definition) is 1. The van der Waals surface area contributed by atoms with E-state index in [2.05, 4.69) is 54.7 Å². The maximum absolute atomic E-state index is 9.54. The van der Waals surface area contributed by atoms with E-state index in [9.17, 15) is 5.26 Å². The van der Waals surface area contributed by atoms with Gasteiger partial charge in [-0.3, -0.25) is 0 Å². The summed E-state index contributed by atoms with van der Waals surface area (Å²) < 4.78 is 0. The van der Waals surface area contributed by atoms with Crippen LogP contribution in [0, 0.1) is 18.3 Å². The molecule has 0 amide bonds. The smallest absolute Gasteiger partial charge is 0.0861 e. The Bertz CT molecular complexity index is 634. The molecule has 0 unspecified atom stereocenters. The summed E-state index contributed by atoms with van der Waals surface area (Å²) >= 11 is 0. The van der Waals surface area contributed by atoms with Crippen molar-refractivity contribution >= 4 is 5.69 Å². The van der Waals surface area contributed by atoms with Crippen molar-refractivity contribution < 1.29 is 0 Å². The maximum Gasteiger partial charge on any atom is 0.0861 e. The summed E-state index contributed by atoms with van der Waals surface area (Å²) in [5.41, 5.74) is 3.24. The van der Waals surface area contributed by atoms with Crippen LogP contribution in [0.5, 0.6) is 0 Å². The van der Waals surface area contributed by atoms with Gasteiger partial charge in [-0.15, -0.1) is 0 Å². The van der Waals surface area contributed by atoms with Gasteiger partial charge in [0.1, 0.15) is 0 Å². The molecule has 0 spiro atoms. The van der Waals surface area contributed by atoms with Gasteiger partial charge in [0, 0.05) is 11.7 Å². The van der Waals surface area contributed by atoms with E-state index in [-0.39, 0.29) is 5.41 Å². The molecule has 2 aromatic rings. The molecule has 3 rings (SSSR count). The fourth-order valence-electron chi connectivity index (χ4n) is 3.00. The first kappa shape index (κ1) is 12.7. The third-order valence-electron chi connectivity index (χ3n) is 4.12. The molecule has 1 aliphatic rings. The molecule has 0 aromatic heterocycles. The molecule has 1 aliphatic carbocycles. The van der Waals surface area contributed by atoms with E-state index in [1.807, 2.05) is 18.2 Å². The Balaban J connectivity index is 1.70. The molecule has 2 aromatic carbocycles. The number of hydrogen-bond acceptors (Lipinski definition) is 2. The lowest BCUT2D eigenvalue weighted by Crippen LogP contribution is -2.47. The molecule has 0 aliphatic heterocycles. The van der Waals surface area contributed by atoms with Crippen LogP contribution < -0.4 is 5.32 Å². The van der Waals surface area contributed by atoms with Crippen molar-refractivity contribution in [3.8, 4) is 6.07 Å². The van der Waals surface area contributed by atoms with E-state index in [0.29, 0.717) is 6.04 Å². The predicted octanol–water partition coefficient (Wildman–Crippen LogP) is 4.03. The highest BCUT2D eigenvalue weighted by Crippen LogP contribution is 2.44. The number of nitrogens with zero attached hydrogens (tertiary/aromatic N) is 1. The Hall–Kier alpha value is -2.27. The van der Waals surface area contributed by atoms with Gasteiger partial charge >= 0.3 is 0 Å². The van der Waals surface area contributed by atoms with Gasteiger partial charge in [0.2, 0.25) is 0 Å². The molecule has 0 atom stereocenters. The second-order valence-electron chi connectivity index (χ2n) is 5.68. The molecule has 0 radical (unpaired) electrons. The Morgan fingerprint density at radius 3 is 2.50 bits per heavy atom. The molecule has 1 saturated carbocycles. The van der Waals surface area contributed by atoms with Crippen LogP contribution in [0.1, 0.15) is 24.0 Å². The second kappa shape index (κ2) is 5.02. The first-order valence-corrected chi connectivity index (χ1v) is 7.02. The zero-order valence-electron chi connectivity index (χ0n) is 11.6. The minimum Gasteiger partial charge on any atom is -0.382 e. The fraction of sp³-hybridized carbons (Fsp3) is 0.278. The monoisotopic (exact) mass is 262 g/mol. The average Bonchev–Trinajstić information content (AvgIpc) is 2.43. The molecular formula is C18H18N2. The summed E-state index contributed by atoms with van der Waals surface area (Å²) in [6.07, 6.45) is 1.75. The molecule has 2 nitrogen and oxygen atoms in total. The van der Waals surface area contributed by atoms with Gasteiger partial charge in [0.15, 0.2) is 0 Å². The molecule has 20 heavy (non-hydrogen) atoms. The second-order valence-corrected chi connectivity index (χ2v) is 5.68. The lowest BCUT2D eigenvalue weighted by atomic mass is 9.62. The number of nitrogens with one attached hydrogen (secondary N) is 1. The summed E-state index contributed by atoms with van der Waals surface area (Å²) in [6.45, 7) is 2.09. The highest BCUT2D eigenvalue weighted by atomic mass is 14.9. The molecular weight excluding hydrogens is 244 g/mol. The van der Waals surface area contributed by atoms with Crippen LogP contribution in [-0.2, 0) is 5.41 Å². The normalized spacial score (nSPS) is 24.5. The van der Waals surface area contributed by atoms with Gasteiger partial charge in [-0.05, 0) is 43.0 Å². The van der Waals surface area contributed by atoms with Crippen LogP contribution in [0.4, 0.5) is 5.69 Å². The summed E-state index contributed by atoms with van der Waals surface area (Å²) in [7, 11) is 0. The predicted molar refractivity (Wildman–Crippen MR) is 81.6 cm³/mol. The van der Waals surface area contributed by atoms with Crippen molar-refractivity contribution in [2.24, 2.45) is 0 Å². The minimum atomic E-state index is -0.303. The van der Waals surface area contributed by atoms with Crippen molar-refractivity contribution in [1.29, 1.82) is 5.26 Å². The number of nitriles is 1. The van der Waals surface area contributed by atoms with E-state index in [4.69, 9.17) is 0 Å². The number of aryl methyl sites for hydroxylation is 1. The van der Waals surface area contributed by atoms with Crippen molar-refractivity contribution in [3.63, 3.8) is 0 Å². The Morgan fingerprint density at radius 2 is 1.85 bits per heavy atom. The molecule has 0 heterocycles. The van der Waals surface area contributed by atoms with E-state index in [1.165, 1.54) is 5.56 Å². The summed E-state index contributed by atoms with van der Waals surface area (Å²) in [6, 6.07) is 21.4. The SMILES string of the molecule is Cc1cccc(NC2CC(C#N)(c3ccccc3)C2)c1. The van der Waals surface area contributed by atoms with E-state index in [1.54, 1.807) is 0 Å². The highest BCUT2D eigenvalue weighted by Gasteiger charge is 2.46. The van der Waals surface area contributed by atoms with E-state index >= 15 is 0 Å². The quantitative estimate of drug-likeness (QED) is 0.906. The molecule has 0 saturated heterocycles. The van der Waals surface area contributed by atoms with Crippen molar-refractivity contribution in [2.45, 2.75) is 31.2 Å². The number of anilines is 1. The highest BCUT2D eigenvalue weighted by molar-refractivity contribution is 5.49. The molecule has 1 N–H and O–H groups in total. The molecule has 100 valence electrons. The first-order valence-electron chi connectivity index (χ1n) is 7.02. The standard InChI is InChI=1S/C18H18N2/c1-14-6-5-9-16(10-14)20-17-11-18(12-17,13-19)15-7-3-2-4-8-15/h2-10,17,20H,11-12H2,1H3. The van der Waals surface area contributed by atoms with Crippen LogP contribution in [0.25, 0.3) is 0 Å². The van der Waals surface area contributed by atoms with Crippen LogP contribution in [0.3, 0.4) is 0 Å². The third-order valence-corrected chi connectivity index (χ3v) is 4.12. The topological polar surface area (TPSA) is 35.8 Å². The van der Waals surface area contributed by atoms with Crippen LogP contribution in [0.2, 0.25) is 0 Å². The third kappa shape index (κ3) is 2.28. The fourth-order valence-corrected chi connectivity index (χ4v) is 3.00.